The molecule has 0 aliphatic heterocycles. The molecule has 1 aromatic carbocycles. The average Bonchev–Trinajstić information content (AvgIpc) is 3.15. The van der Waals surface area contributed by atoms with Crippen molar-refractivity contribution in [2.75, 3.05) is 25.6 Å². The Hall–Kier alpha value is -3.43. The van der Waals surface area contributed by atoms with Crippen molar-refractivity contribution in [1.82, 2.24) is 20.9 Å². The number of halogens is 2. The van der Waals surface area contributed by atoms with Gasteiger partial charge in [0.05, 0.1) is 18.2 Å². The zero-order chi connectivity index (χ0) is 20.4. The fraction of sp³-hybridized carbons (Fsp3) is 0.267. The van der Waals surface area contributed by atoms with Crippen molar-refractivity contribution < 1.29 is 19.0 Å². The molecule has 0 fully saturated rings. The third-order valence-electron chi connectivity index (χ3n) is 3.25. The maximum absolute atomic E-state index is 13.3. The molecular weight excluding hydrogens is 395 g/mol. The summed E-state index contributed by atoms with van der Waals surface area (Å²) >= 11 is 5.73. The van der Waals surface area contributed by atoms with Gasteiger partial charge in [0.25, 0.3) is 0 Å². The van der Waals surface area contributed by atoms with E-state index >= 15 is 0 Å². The summed E-state index contributed by atoms with van der Waals surface area (Å²) in [5.41, 5.74) is 0.699. The van der Waals surface area contributed by atoms with Crippen LogP contribution in [0, 0.1) is 17.3 Å². The Kier molecular flexibility index (Phi) is 7.94. The monoisotopic (exact) mass is 410 g/mol. The summed E-state index contributed by atoms with van der Waals surface area (Å²) in [4.78, 5) is 3.60. The van der Waals surface area contributed by atoms with E-state index in [1.54, 1.807) is 13.3 Å². The summed E-state index contributed by atoms with van der Waals surface area (Å²) in [7, 11) is 1.54. The molecule has 0 amide bonds. The highest BCUT2D eigenvalue weighted by Gasteiger charge is 2.18. The average molecular weight is 411 g/mol. The van der Waals surface area contributed by atoms with Crippen LogP contribution in [0.3, 0.4) is 0 Å². The third kappa shape index (κ3) is 5.79. The number of hydrogen-bond donors (Lipinski definition) is 4. The molecule has 13 heteroatoms. The first-order valence-corrected chi connectivity index (χ1v) is 8.16. The molecule has 1 heterocycles. The molecule has 0 saturated heterocycles. The van der Waals surface area contributed by atoms with E-state index in [1.165, 1.54) is 12.1 Å². The number of amidine groups is 1. The van der Waals surface area contributed by atoms with Gasteiger partial charge in [0.2, 0.25) is 18.0 Å². The molecule has 0 spiro atoms. The van der Waals surface area contributed by atoms with Crippen LogP contribution in [-0.4, -0.2) is 47.6 Å². The van der Waals surface area contributed by atoms with E-state index in [-0.39, 0.29) is 34.8 Å². The minimum Gasteiger partial charge on any atom is -0.409 e. The largest absolute Gasteiger partial charge is 0.409 e. The minimum absolute atomic E-state index is 0.0458. The predicted molar refractivity (Wildman–Crippen MR) is 97.4 cm³/mol. The molecule has 11 nitrogen and oxygen atoms in total. The van der Waals surface area contributed by atoms with Gasteiger partial charge in [-0.1, -0.05) is 21.9 Å². The van der Waals surface area contributed by atoms with Crippen LogP contribution in [0.1, 0.15) is 11.4 Å². The molecule has 0 saturated carbocycles. The van der Waals surface area contributed by atoms with Gasteiger partial charge in [-0.05, 0) is 23.4 Å². The lowest BCUT2D eigenvalue weighted by Gasteiger charge is -2.10. The molecule has 148 valence electrons. The van der Waals surface area contributed by atoms with Crippen molar-refractivity contribution in [2.24, 2.45) is 10.1 Å². The van der Waals surface area contributed by atoms with E-state index in [4.69, 9.17) is 26.2 Å². The van der Waals surface area contributed by atoms with Crippen molar-refractivity contribution in [1.29, 1.82) is 5.26 Å². The lowest BCUT2D eigenvalue weighted by atomic mass is 10.2. The van der Waals surface area contributed by atoms with E-state index in [9.17, 15) is 9.60 Å². The fourth-order valence-electron chi connectivity index (χ4n) is 1.98. The quantitative estimate of drug-likeness (QED) is 0.132. The van der Waals surface area contributed by atoms with E-state index in [0.717, 1.165) is 6.07 Å². The van der Waals surface area contributed by atoms with Crippen LogP contribution in [0.5, 0.6) is 0 Å². The number of anilines is 1. The van der Waals surface area contributed by atoms with Crippen molar-refractivity contribution in [2.45, 2.75) is 6.54 Å². The Morgan fingerprint density at radius 3 is 2.93 bits per heavy atom. The number of ether oxygens (including phenoxy) is 1. The molecule has 1 aromatic heterocycles. The molecule has 0 aliphatic rings. The Morgan fingerprint density at radius 1 is 1.43 bits per heavy atom. The first-order valence-electron chi connectivity index (χ1n) is 7.78. The Labute approximate surface area is 163 Å². The van der Waals surface area contributed by atoms with Crippen LogP contribution in [0.25, 0.3) is 0 Å². The number of nitriles is 1. The first kappa shape index (κ1) is 20.9. The van der Waals surface area contributed by atoms with Crippen LogP contribution in [0.15, 0.2) is 33.0 Å². The molecule has 4 N–H and O–H groups in total. The molecule has 2 rings (SSSR count). The van der Waals surface area contributed by atoms with Gasteiger partial charge < -0.3 is 25.9 Å². The van der Waals surface area contributed by atoms with Gasteiger partial charge in [0, 0.05) is 19.3 Å². The van der Waals surface area contributed by atoms with Crippen molar-refractivity contribution in [3.63, 3.8) is 0 Å². The maximum atomic E-state index is 13.3. The minimum atomic E-state index is -0.590. The van der Waals surface area contributed by atoms with E-state index in [2.05, 4.69) is 36.4 Å². The van der Waals surface area contributed by atoms with Gasteiger partial charge in [-0.25, -0.2) is 9.02 Å². The molecule has 0 aliphatic carbocycles. The second-order valence-electron chi connectivity index (χ2n) is 5.10. The topological polar surface area (TPSA) is 153 Å². The summed E-state index contributed by atoms with van der Waals surface area (Å²) < 4.78 is 22.9. The highest BCUT2D eigenvalue weighted by Crippen LogP contribution is 2.20. The predicted octanol–water partition coefficient (Wildman–Crippen LogP) is 1.27. The Balaban J connectivity index is 2.09. The van der Waals surface area contributed by atoms with Crippen molar-refractivity contribution >= 4 is 29.1 Å². The highest BCUT2D eigenvalue weighted by molar-refractivity contribution is 6.31. The second-order valence-corrected chi connectivity index (χ2v) is 5.50. The van der Waals surface area contributed by atoms with Crippen LogP contribution in [0.2, 0.25) is 5.02 Å². The standard InChI is InChI=1S/C15H16ClFN8O3/c1-27-5-4-19-15(21-8-18)20-7-12-13(25-28-24-12)14(23-26)22-9-2-3-11(17)10(16)6-9/h2-3,6,26H,4-5,7H2,1H3,(H,22,23)(H2,19,20,21). The molecule has 28 heavy (non-hydrogen) atoms. The Morgan fingerprint density at radius 2 is 2.25 bits per heavy atom. The normalized spacial score (nSPS) is 11.8. The van der Waals surface area contributed by atoms with Gasteiger partial charge in [-0.15, -0.1) is 4.99 Å². The summed E-state index contributed by atoms with van der Waals surface area (Å²) in [5, 5.41) is 36.9. The van der Waals surface area contributed by atoms with Gasteiger partial charge in [-0.2, -0.15) is 5.26 Å². The lowest BCUT2D eigenvalue weighted by Crippen LogP contribution is -2.38. The SMILES string of the molecule is COCCNC(=NC#N)NCc1nonc1C(=NO)Nc1ccc(F)c(Cl)c1. The van der Waals surface area contributed by atoms with Crippen molar-refractivity contribution in [3.05, 3.63) is 40.4 Å². The van der Waals surface area contributed by atoms with Crippen LogP contribution in [-0.2, 0) is 11.3 Å². The first-order chi connectivity index (χ1) is 13.6. The lowest BCUT2D eigenvalue weighted by molar-refractivity contribution is 0.203. The van der Waals surface area contributed by atoms with Crippen LogP contribution < -0.4 is 16.0 Å². The Bertz CT molecular complexity index is 896. The molecule has 0 atom stereocenters. The number of oxime groups is 1. The number of guanidine groups is 1. The molecular formula is C15H16ClFN8O3. The van der Waals surface area contributed by atoms with Gasteiger partial charge in [0.1, 0.15) is 11.5 Å². The number of benzene rings is 1. The van der Waals surface area contributed by atoms with Crippen molar-refractivity contribution in [3.8, 4) is 6.19 Å². The van der Waals surface area contributed by atoms with E-state index < -0.39 is 5.82 Å². The summed E-state index contributed by atoms with van der Waals surface area (Å²) in [6.07, 6.45) is 1.66. The number of nitrogens with zero attached hydrogens (tertiary/aromatic N) is 5. The second kappa shape index (κ2) is 10.7. The van der Waals surface area contributed by atoms with Gasteiger partial charge >= 0.3 is 0 Å². The summed E-state index contributed by atoms with van der Waals surface area (Å²) in [6, 6.07) is 3.86. The van der Waals surface area contributed by atoms with E-state index in [0.29, 0.717) is 18.8 Å². The highest BCUT2D eigenvalue weighted by atomic mass is 35.5. The van der Waals surface area contributed by atoms with Gasteiger partial charge in [0.15, 0.2) is 5.69 Å². The van der Waals surface area contributed by atoms with E-state index in [1.807, 2.05) is 0 Å². The smallest absolute Gasteiger partial charge is 0.209 e. The number of methoxy groups -OCH3 is 1. The van der Waals surface area contributed by atoms with Crippen LogP contribution >= 0.6 is 11.6 Å². The number of aliphatic imine (C=N–C) groups is 1. The molecule has 0 unspecified atom stereocenters. The zero-order valence-electron chi connectivity index (χ0n) is 14.6. The fourth-order valence-corrected chi connectivity index (χ4v) is 2.16. The number of rotatable bonds is 7. The molecule has 2 aromatic rings. The van der Waals surface area contributed by atoms with Gasteiger partial charge in [-0.3, -0.25) is 0 Å². The maximum Gasteiger partial charge on any atom is 0.209 e. The number of hydrogen-bond acceptors (Lipinski definition) is 8. The summed E-state index contributed by atoms with van der Waals surface area (Å²) in [6.45, 7) is 0.878. The molecule has 0 radical (unpaired) electrons. The van der Waals surface area contributed by atoms with Crippen LogP contribution in [0.4, 0.5) is 10.1 Å². The zero-order valence-corrected chi connectivity index (χ0v) is 15.4. The molecule has 0 bridgehead atoms. The number of nitrogens with one attached hydrogen (secondary N) is 3. The third-order valence-corrected chi connectivity index (χ3v) is 3.54. The number of aromatic nitrogens is 2. The summed E-state index contributed by atoms with van der Waals surface area (Å²) in [5.74, 6) is -0.505.